The number of hydrogen-bond acceptors (Lipinski definition) is 8. The van der Waals surface area contributed by atoms with E-state index in [1.54, 1.807) is 6.07 Å². The Morgan fingerprint density at radius 2 is 2.21 bits per heavy atom. The molecule has 1 amide bonds. The van der Waals surface area contributed by atoms with E-state index in [1.807, 2.05) is 15.7 Å². The molecule has 2 aromatic heterocycles. The molecule has 0 unspecified atom stereocenters. The second-order valence-corrected chi connectivity index (χ2v) is 6.22. The van der Waals surface area contributed by atoms with Gasteiger partial charge in [-0.15, -0.1) is 0 Å². The molecule has 0 bridgehead atoms. The lowest BCUT2D eigenvalue weighted by Gasteiger charge is -2.32. The number of amides is 1. The van der Waals surface area contributed by atoms with E-state index in [0.717, 1.165) is 19.0 Å². The summed E-state index contributed by atoms with van der Waals surface area (Å²) < 4.78 is 0. The normalized spacial score (nSPS) is 15.2. The molecule has 24 heavy (non-hydrogen) atoms. The number of nitrogens with one attached hydrogen (secondary N) is 1. The first kappa shape index (κ1) is 16.1. The molecule has 0 spiro atoms. The zero-order valence-corrected chi connectivity index (χ0v) is 13.5. The number of thiophene rings is 1. The van der Waals surface area contributed by atoms with Gasteiger partial charge < -0.3 is 16.0 Å². The summed E-state index contributed by atoms with van der Waals surface area (Å²) in [6.45, 7) is 1.29. The van der Waals surface area contributed by atoms with Gasteiger partial charge in [-0.25, -0.2) is 4.98 Å². The lowest BCUT2D eigenvalue weighted by atomic mass is 10.0. The van der Waals surface area contributed by atoms with Crippen LogP contribution < -0.4 is 16.0 Å². The predicted molar refractivity (Wildman–Crippen MR) is 90.1 cm³/mol. The van der Waals surface area contributed by atoms with Crippen molar-refractivity contribution in [1.29, 1.82) is 0 Å². The van der Waals surface area contributed by atoms with Crippen LogP contribution in [-0.2, 0) is 0 Å². The van der Waals surface area contributed by atoms with Gasteiger partial charge in [0.1, 0.15) is 6.20 Å². The average molecular weight is 348 g/mol. The van der Waals surface area contributed by atoms with E-state index in [1.165, 1.54) is 11.3 Å². The molecule has 3 heterocycles. The zero-order valence-electron chi connectivity index (χ0n) is 12.7. The third-order valence-corrected chi connectivity index (χ3v) is 4.56. The molecule has 0 aromatic carbocycles. The fourth-order valence-electron chi connectivity index (χ4n) is 2.56. The first-order valence-electron chi connectivity index (χ1n) is 7.39. The van der Waals surface area contributed by atoms with E-state index >= 15 is 0 Å². The minimum atomic E-state index is -0.606. The molecule has 1 aliphatic rings. The van der Waals surface area contributed by atoms with Gasteiger partial charge in [0.2, 0.25) is 11.8 Å². The SMILES string of the molecule is Nc1nc(N2CCC(NC(=O)c3ccsc3)CC2)ncc1[N+](=O)[O-]. The highest BCUT2D eigenvalue weighted by molar-refractivity contribution is 7.08. The standard InChI is InChI=1S/C14H16N6O3S/c15-12-11(20(22)23)7-16-14(18-12)19-4-1-10(2-5-19)17-13(21)9-3-6-24-8-9/h3,6-8,10H,1-2,4-5H2,(H,17,21)(H2,15,16,18). The highest BCUT2D eigenvalue weighted by Gasteiger charge is 2.24. The maximum Gasteiger partial charge on any atom is 0.329 e. The van der Waals surface area contributed by atoms with E-state index in [2.05, 4.69) is 15.3 Å². The molecule has 9 nitrogen and oxygen atoms in total. The van der Waals surface area contributed by atoms with Gasteiger partial charge in [-0.1, -0.05) is 0 Å². The number of nitrogens with zero attached hydrogens (tertiary/aromatic N) is 4. The molecule has 3 rings (SSSR count). The number of rotatable bonds is 4. The van der Waals surface area contributed by atoms with Crippen LogP contribution in [0.25, 0.3) is 0 Å². The second kappa shape index (κ2) is 6.79. The molecule has 1 aliphatic heterocycles. The van der Waals surface area contributed by atoms with E-state index in [0.29, 0.717) is 24.6 Å². The van der Waals surface area contributed by atoms with E-state index in [4.69, 9.17) is 5.73 Å². The number of carbonyl (C=O) groups is 1. The summed E-state index contributed by atoms with van der Waals surface area (Å²) in [5.41, 5.74) is 5.98. The number of piperidine rings is 1. The molecule has 1 saturated heterocycles. The molecule has 10 heteroatoms. The van der Waals surface area contributed by atoms with Gasteiger partial charge >= 0.3 is 5.69 Å². The maximum atomic E-state index is 12.0. The van der Waals surface area contributed by atoms with Gasteiger partial charge in [0.05, 0.1) is 4.92 Å². The Labute approximate surface area is 141 Å². The van der Waals surface area contributed by atoms with E-state index in [-0.39, 0.29) is 23.5 Å². The maximum absolute atomic E-state index is 12.0. The van der Waals surface area contributed by atoms with Gasteiger partial charge in [0.15, 0.2) is 0 Å². The van der Waals surface area contributed by atoms with Crippen molar-refractivity contribution in [1.82, 2.24) is 15.3 Å². The van der Waals surface area contributed by atoms with Crippen molar-refractivity contribution in [3.8, 4) is 0 Å². The first-order valence-corrected chi connectivity index (χ1v) is 8.34. The van der Waals surface area contributed by atoms with Crippen LogP contribution in [0.15, 0.2) is 23.0 Å². The highest BCUT2D eigenvalue weighted by atomic mass is 32.1. The smallest absolute Gasteiger partial charge is 0.329 e. The van der Waals surface area contributed by atoms with Gasteiger partial charge in [-0.05, 0) is 24.3 Å². The predicted octanol–water partition coefficient (Wildman–Crippen LogP) is 1.43. The van der Waals surface area contributed by atoms with Crippen LogP contribution in [0.5, 0.6) is 0 Å². The molecule has 3 N–H and O–H groups in total. The van der Waals surface area contributed by atoms with Crippen LogP contribution >= 0.6 is 11.3 Å². The van der Waals surface area contributed by atoms with Crippen molar-refractivity contribution in [2.75, 3.05) is 23.7 Å². The topological polar surface area (TPSA) is 127 Å². The van der Waals surface area contributed by atoms with Crippen LogP contribution in [0, 0.1) is 10.1 Å². The Hall–Kier alpha value is -2.75. The van der Waals surface area contributed by atoms with Crippen molar-refractivity contribution in [2.45, 2.75) is 18.9 Å². The molecule has 126 valence electrons. The third kappa shape index (κ3) is 3.43. The molecular formula is C14H16N6O3S. The van der Waals surface area contributed by atoms with Crippen molar-refractivity contribution < 1.29 is 9.72 Å². The van der Waals surface area contributed by atoms with Gasteiger partial charge in [0, 0.05) is 30.1 Å². The quantitative estimate of drug-likeness (QED) is 0.632. The summed E-state index contributed by atoms with van der Waals surface area (Å²) >= 11 is 1.49. The summed E-state index contributed by atoms with van der Waals surface area (Å²) in [7, 11) is 0. The zero-order chi connectivity index (χ0) is 17.1. The highest BCUT2D eigenvalue weighted by Crippen LogP contribution is 2.22. The molecule has 2 aromatic rings. The number of nitrogen functional groups attached to an aromatic ring is 1. The lowest BCUT2D eigenvalue weighted by Crippen LogP contribution is -2.45. The Balaban J connectivity index is 1.58. The molecule has 0 radical (unpaired) electrons. The van der Waals surface area contributed by atoms with Crippen LogP contribution in [0.1, 0.15) is 23.2 Å². The van der Waals surface area contributed by atoms with Crippen LogP contribution in [-0.4, -0.2) is 39.9 Å². The number of hydrogen-bond donors (Lipinski definition) is 2. The minimum Gasteiger partial charge on any atom is -0.378 e. The summed E-state index contributed by atoms with van der Waals surface area (Å²) in [6.07, 6.45) is 2.62. The minimum absolute atomic E-state index is 0.0643. The Bertz CT molecular complexity index is 743. The monoisotopic (exact) mass is 348 g/mol. The average Bonchev–Trinajstić information content (AvgIpc) is 3.09. The van der Waals surface area contributed by atoms with Gasteiger partial charge in [-0.2, -0.15) is 16.3 Å². The van der Waals surface area contributed by atoms with Gasteiger partial charge in [0.25, 0.3) is 5.91 Å². The lowest BCUT2D eigenvalue weighted by molar-refractivity contribution is -0.384. The fraction of sp³-hybridized carbons (Fsp3) is 0.357. The number of carbonyl (C=O) groups excluding carboxylic acids is 1. The largest absolute Gasteiger partial charge is 0.378 e. The van der Waals surface area contributed by atoms with Crippen molar-refractivity contribution in [3.63, 3.8) is 0 Å². The van der Waals surface area contributed by atoms with Gasteiger partial charge in [-0.3, -0.25) is 14.9 Å². The Kier molecular flexibility index (Phi) is 4.56. The Morgan fingerprint density at radius 3 is 2.79 bits per heavy atom. The first-order chi connectivity index (χ1) is 11.5. The van der Waals surface area contributed by atoms with E-state index < -0.39 is 4.92 Å². The molecule has 0 aliphatic carbocycles. The third-order valence-electron chi connectivity index (χ3n) is 3.88. The number of nitrogens with two attached hydrogens (primary N) is 1. The van der Waals surface area contributed by atoms with E-state index in [9.17, 15) is 14.9 Å². The fourth-order valence-corrected chi connectivity index (χ4v) is 3.19. The Morgan fingerprint density at radius 1 is 1.46 bits per heavy atom. The number of anilines is 2. The summed E-state index contributed by atoms with van der Waals surface area (Å²) in [5.74, 6) is 0.170. The molecule has 1 fully saturated rings. The summed E-state index contributed by atoms with van der Waals surface area (Å²) in [4.78, 5) is 32.1. The second-order valence-electron chi connectivity index (χ2n) is 5.44. The van der Waals surface area contributed by atoms with Crippen molar-refractivity contribution >= 4 is 34.7 Å². The van der Waals surface area contributed by atoms with Crippen LogP contribution in [0.3, 0.4) is 0 Å². The number of aromatic nitrogens is 2. The summed E-state index contributed by atoms with van der Waals surface area (Å²) in [5, 5.41) is 17.4. The van der Waals surface area contributed by atoms with Crippen molar-refractivity contribution in [2.24, 2.45) is 0 Å². The van der Waals surface area contributed by atoms with Crippen LogP contribution in [0.2, 0.25) is 0 Å². The number of nitro groups is 1. The molecular weight excluding hydrogens is 332 g/mol. The van der Waals surface area contributed by atoms with Crippen molar-refractivity contribution in [3.05, 3.63) is 38.7 Å². The molecule has 0 atom stereocenters. The summed E-state index contributed by atoms with van der Waals surface area (Å²) in [6, 6.07) is 1.88. The van der Waals surface area contributed by atoms with Crippen LogP contribution in [0.4, 0.5) is 17.5 Å². The molecule has 0 saturated carbocycles.